The van der Waals surface area contributed by atoms with Gasteiger partial charge in [0.05, 0.1) is 18.9 Å². The third-order valence-electron chi connectivity index (χ3n) is 10.4. The molecule has 0 aliphatic heterocycles. The molecule has 0 radical (unpaired) electrons. The maximum absolute atomic E-state index is 15.0. The Kier molecular flexibility index (Phi) is 19.2. The fraction of sp³-hybridized carbons (Fsp3) is 0.561. The lowest BCUT2D eigenvalue weighted by Crippen LogP contribution is -2.74. The zero-order valence-electron chi connectivity index (χ0n) is 36.4. The molecule has 0 fully saturated rings. The van der Waals surface area contributed by atoms with Crippen molar-refractivity contribution in [2.45, 2.75) is 125 Å². The summed E-state index contributed by atoms with van der Waals surface area (Å²) in [4.78, 5) is 24.5. The summed E-state index contributed by atoms with van der Waals surface area (Å²) in [5.74, 6) is -59.7. The average Bonchev–Trinajstić information content (AvgIpc) is 3.20. The predicted molar refractivity (Wildman–Crippen MR) is 207 cm³/mol. The van der Waals surface area contributed by atoms with Crippen molar-refractivity contribution in [1.82, 2.24) is 0 Å². The van der Waals surface area contributed by atoms with Gasteiger partial charge in [-0.3, -0.25) is 5.32 Å². The predicted octanol–water partition coefficient (Wildman–Crippen LogP) is 14.3. The van der Waals surface area contributed by atoms with Crippen LogP contribution in [0.5, 0.6) is 5.75 Å². The Labute approximate surface area is 377 Å². The van der Waals surface area contributed by atoms with Gasteiger partial charge in [-0.15, -0.1) is 0 Å². The third kappa shape index (κ3) is 12.5. The molecule has 0 saturated carbocycles. The minimum atomic E-state index is -8.72. The van der Waals surface area contributed by atoms with E-state index in [4.69, 9.17) is 18.6 Å². The van der Waals surface area contributed by atoms with Crippen molar-refractivity contribution in [3.05, 3.63) is 83.5 Å². The van der Waals surface area contributed by atoms with Crippen LogP contribution in [0.3, 0.4) is 0 Å². The first-order valence-corrected chi connectivity index (χ1v) is 22.1. The highest BCUT2D eigenvalue weighted by Gasteiger charge is 2.95. The van der Waals surface area contributed by atoms with Crippen molar-refractivity contribution in [2.24, 2.45) is 0 Å². The Bertz CT molecular complexity index is 2070. The van der Waals surface area contributed by atoms with Gasteiger partial charge in [0.25, 0.3) is 0 Å². The fourth-order valence-electron chi connectivity index (χ4n) is 6.45. The second-order valence-electron chi connectivity index (χ2n) is 15.7. The monoisotopic (exact) mass is 1040 g/mol. The lowest BCUT2D eigenvalue weighted by atomic mass is 9.88. The van der Waals surface area contributed by atoms with Gasteiger partial charge in [-0.05, 0) is 60.8 Å². The Hall–Kier alpha value is -4.69. The highest BCUT2D eigenvalue weighted by molar-refractivity contribution is 6.76. The minimum absolute atomic E-state index is 0.0357. The van der Waals surface area contributed by atoms with Crippen molar-refractivity contribution >= 4 is 26.1 Å². The Morgan fingerprint density at radius 3 is 1.71 bits per heavy atom. The molecular weight excluding hydrogens is 992 g/mol. The van der Waals surface area contributed by atoms with E-state index < -0.39 is 128 Å². The summed E-state index contributed by atoms with van der Waals surface area (Å²) in [7, 11) is -4.06. The maximum atomic E-state index is 15.0. The van der Waals surface area contributed by atoms with Crippen LogP contribution in [-0.2, 0) is 18.7 Å². The average molecular weight is 1040 g/mol. The van der Waals surface area contributed by atoms with Crippen LogP contribution in [0.15, 0.2) is 66.3 Å². The van der Waals surface area contributed by atoms with E-state index >= 15 is 8.78 Å². The first kappa shape index (κ1) is 59.4. The molecule has 2 aromatic carbocycles. The number of carbonyl (C=O) groups is 2. The molecule has 0 bridgehead atoms. The van der Waals surface area contributed by atoms with Gasteiger partial charge in [-0.1, -0.05) is 57.6 Å². The lowest BCUT2D eigenvalue weighted by molar-refractivity contribution is -0.461. The lowest BCUT2D eigenvalue weighted by Gasteiger charge is -2.44. The number of esters is 1. The second kappa shape index (κ2) is 21.9. The molecule has 2 aromatic rings. The van der Waals surface area contributed by atoms with Crippen LogP contribution in [0.4, 0.5) is 93.9 Å². The molecule has 0 saturated heterocycles. The summed E-state index contributed by atoms with van der Waals surface area (Å²) >= 11 is 0. The van der Waals surface area contributed by atoms with Gasteiger partial charge < -0.3 is 18.6 Å². The number of hydrogen-bond donors (Lipinski definition) is 1. The Morgan fingerprint density at radius 2 is 1.22 bits per heavy atom. The SMILES string of the molecule is CCOC(=O)/C=C/C=C(\C)C[C@@H](OC(=O)Nc1ccc(F)cc1F)c1ccc(OCCO[Si](CCC(F)(F)C(F)(F)C(F)(F)C(F)(F)C(F)(F)C(F)(F)C(F)(F)C(F)(F)F)(C(C)C)C(C)C)cc1. The van der Waals surface area contributed by atoms with Crippen LogP contribution < -0.4 is 10.1 Å². The number of benzene rings is 2. The van der Waals surface area contributed by atoms with Crippen molar-refractivity contribution < 1.29 is 112 Å². The number of amides is 1. The number of rotatable bonds is 24. The molecule has 0 aliphatic carbocycles. The molecule has 0 aliphatic rings. The van der Waals surface area contributed by atoms with Crippen molar-refractivity contribution in [1.29, 1.82) is 0 Å². The van der Waals surface area contributed by atoms with Crippen LogP contribution in [0, 0.1) is 11.6 Å². The summed E-state index contributed by atoms with van der Waals surface area (Å²) < 4.78 is 285. The molecule has 0 aromatic heterocycles. The molecule has 27 heteroatoms. The fourth-order valence-corrected chi connectivity index (χ4v) is 10.9. The van der Waals surface area contributed by atoms with Crippen LogP contribution in [0.1, 0.15) is 66.1 Å². The van der Waals surface area contributed by atoms with Gasteiger partial charge in [0.15, 0.2) is 8.32 Å². The van der Waals surface area contributed by atoms with Gasteiger partial charge >= 0.3 is 59.7 Å². The molecule has 0 heterocycles. The number of alkyl halides is 17. The minimum Gasteiger partial charge on any atom is -0.491 e. The molecule has 1 amide bonds. The van der Waals surface area contributed by atoms with Gasteiger partial charge in [-0.25, -0.2) is 18.4 Å². The standard InChI is InChI=1S/C41H44F19NO6Si/c1-7-64-32(62)10-8-9-25(6)21-31(67-33(63)61-30-16-13-27(42)22-29(30)43)26-11-14-28(15-12-26)65-18-19-66-68(23(2)3,24(4)5)20-17-34(44,45)35(46,47)36(48,49)37(50,51)38(52,53)39(54,55)40(56,57)41(58,59)60/h8-16,22-24,31H,7,17-21H2,1-6H3,(H,61,63)/b10-8+,25-9+/t31-/m1/s1. The Morgan fingerprint density at radius 1 is 0.706 bits per heavy atom. The number of ether oxygens (including phenoxy) is 3. The van der Waals surface area contributed by atoms with Gasteiger partial charge in [0.2, 0.25) is 0 Å². The summed E-state index contributed by atoms with van der Waals surface area (Å²) in [6, 6.07) is 6.35. The van der Waals surface area contributed by atoms with Crippen molar-refractivity contribution in [3.8, 4) is 5.75 Å². The van der Waals surface area contributed by atoms with Crippen LogP contribution >= 0.6 is 0 Å². The zero-order valence-corrected chi connectivity index (χ0v) is 37.4. The molecule has 7 nitrogen and oxygen atoms in total. The molecule has 1 N–H and O–H groups in total. The van der Waals surface area contributed by atoms with E-state index in [0.29, 0.717) is 11.6 Å². The van der Waals surface area contributed by atoms with E-state index in [2.05, 4.69) is 5.32 Å². The number of allylic oxidation sites excluding steroid dienone is 2. The number of anilines is 1. The summed E-state index contributed by atoms with van der Waals surface area (Å²) in [5.41, 5.74) is -1.46. The van der Waals surface area contributed by atoms with E-state index in [-0.39, 0.29) is 24.3 Å². The zero-order chi connectivity index (χ0) is 52.7. The van der Waals surface area contributed by atoms with Crippen LogP contribution in [-0.4, -0.2) is 87.8 Å². The number of halogens is 19. The molecule has 2 rings (SSSR count). The molecular formula is C41H44F19NO6Si. The first-order chi connectivity index (χ1) is 30.8. The van der Waals surface area contributed by atoms with Crippen molar-refractivity contribution in [2.75, 3.05) is 25.1 Å². The van der Waals surface area contributed by atoms with Crippen LogP contribution in [0.25, 0.3) is 0 Å². The van der Waals surface area contributed by atoms with E-state index in [1.807, 2.05) is 0 Å². The highest BCUT2D eigenvalue weighted by atomic mass is 28.4. The molecule has 386 valence electrons. The molecule has 0 unspecified atom stereocenters. The highest BCUT2D eigenvalue weighted by Crippen LogP contribution is 2.64. The van der Waals surface area contributed by atoms with Gasteiger partial charge in [0.1, 0.15) is 30.1 Å². The largest absolute Gasteiger partial charge is 0.491 e. The molecule has 1 atom stereocenters. The van der Waals surface area contributed by atoms with Gasteiger partial charge in [0, 0.05) is 25.0 Å². The Balaban J connectivity index is 2.31. The van der Waals surface area contributed by atoms with Crippen LogP contribution in [0.2, 0.25) is 17.1 Å². The molecule has 68 heavy (non-hydrogen) atoms. The van der Waals surface area contributed by atoms with E-state index in [0.717, 1.165) is 18.2 Å². The van der Waals surface area contributed by atoms with Crippen molar-refractivity contribution in [3.63, 3.8) is 0 Å². The number of hydrogen-bond acceptors (Lipinski definition) is 6. The third-order valence-corrected chi connectivity index (χ3v) is 16.1. The summed E-state index contributed by atoms with van der Waals surface area (Å²) in [6.45, 7) is 7.39. The maximum Gasteiger partial charge on any atom is 0.460 e. The summed E-state index contributed by atoms with van der Waals surface area (Å²) in [6.07, 6.45) is -8.83. The van der Waals surface area contributed by atoms with Gasteiger partial charge in [-0.2, -0.15) is 74.6 Å². The first-order valence-electron chi connectivity index (χ1n) is 19.8. The topological polar surface area (TPSA) is 83.1 Å². The quantitative estimate of drug-likeness (QED) is 0.0282. The molecule has 0 spiro atoms. The van der Waals surface area contributed by atoms with E-state index in [1.54, 1.807) is 13.8 Å². The summed E-state index contributed by atoms with van der Waals surface area (Å²) in [5, 5.41) is 2.13. The van der Waals surface area contributed by atoms with E-state index in [9.17, 15) is 84.2 Å². The second-order valence-corrected chi connectivity index (χ2v) is 20.7. The number of nitrogens with one attached hydrogen (secondary N) is 1. The number of carbonyl (C=O) groups excluding carboxylic acids is 2. The van der Waals surface area contributed by atoms with E-state index in [1.165, 1.54) is 64.1 Å². The normalized spacial score (nSPS) is 14.7. The smallest absolute Gasteiger partial charge is 0.460 e.